The monoisotopic (exact) mass is 577 g/mol. The molecule has 12 nitrogen and oxygen atoms in total. The first-order valence-electron chi connectivity index (χ1n) is 14.7. The third-order valence-electron chi connectivity index (χ3n) is 7.73. The van der Waals surface area contributed by atoms with Crippen molar-refractivity contribution in [2.45, 2.75) is 77.6 Å². The zero-order chi connectivity index (χ0) is 30.0. The Labute approximate surface area is 247 Å². The number of ether oxygens (including phenoxy) is 2. The molecule has 0 aromatic carbocycles. The molecule has 1 amide bonds. The van der Waals surface area contributed by atoms with Gasteiger partial charge in [0.15, 0.2) is 11.6 Å². The summed E-state index contributed by atoms with van der Waals surface area (Å²) in [6, 6.07) is 4.64. The van der Waals surface area contributed by atoms with E-state index in [1.807, 2.05) is 43.8 Å². The molecule has 0 saturated carbocycles. The Hall–Kier alpha value is -3.93. The first-order chi connectivity index (χ1) is 19.9. The van der Waals surface area contributed by atoms with Gasteiger partial charge in [-0.15, -0.1) is 0 Å². The SMILES string of the molecule is CC1CCCN1c1cc(-c2cnc(N)c(Oc3cnn(C4CCN(C)CC4)c3)n2)cc(CN(C)C(=O)OC(C)(C)C)n1. The van der Waals surface area contributed by atoms with Crippen LogP contribution in [0.4, 0.5) is 16.4 Å². The van der Waals surface area contributed by atoms with Gasteiger partial charge in [-0.2, -0.15) is 5.10 Å². The minimum atomic E-state index is -0.587. The number of aromatic nitrogens is 5. The number of hydrogen-bond acceptors (Lipinski definition) is 10. The highest BCUT2D eigenvalue weighted by Gasteiger charge is 2.25. The van der Waals surface area contributed by atoms with Gasteiger partial charge in [-0.25, -0.2) is 19.7 Å². The lowest BCUT2D eigenvalue weighted by Crippen LogP contribution is -2.34. The normalized spacial score (nSPS) is 18.3. The van der Waals surface area contributed by atoms with E-state index in [1.54, 1.807) is 19.4 Å². The first-order valence-corrected chi connectivity index (χ1v) is 14.7. The van der Waals surface area contributed by atoms with Gasteiger partial charge in [0.2, 0.25) is 0 Å². The number of piperidine rings is 1. The Bertz CT molecular complexity index is 1390. The molecule has 0 radical (unpaired) electrons. The van der Waals surface area contributed by atoms with Crippen molar-refractivity contribution >= 4 is 17.7 Å². The molecule has 3 aromatic heterocycles. The number of nitrogens with two attached hydrogens (primary N) is 1. The van der Waals surface area contributed by atoms with E-state index in [-0.39, 0.29) is 18.2 Å². The number of amides is 1. The highest BCUT2D eigenvalue weighted by Crippen LogP contribution is 2.32. The molecule has 3 aromatic rings. The Kier molecular flexibility index (Phi) is 8.53. The van der Waals surface area contributed by atoms with E-state index in [0.717, 1.165) is 62.4 Å². The van der Waals surface area contributed by atoms with Crippen molar-refractivity contribution < 1.29 is 14.3 Å². The summed E-state index contributed by atoms with van der Waals surface area (Å²) < 4.78 is 13.6. The van der Waals surface area contributed by atoms with Crippen molar-refractivity contribution in [1.82, 2.24) is 34.5 Å². The lowest BCUT2D eigenvalue weighted by molar-refractivity contribution is 0.0283. The van der Waals surface area contributed by atoms with Gasteiger partial charge in [0.1, 0.15) is 11.4 Å². The fourth-order valence-electron chi connectivity index (χ4n) is 5.41. The van der Waals surface area contributed by atoms with E-state index in [1.165, 1.54) is 4.90 Å². The van der Waals surface area contributed by atoms with E-state index < -0.39 is 11.7 Å². The van der Waals surface area contributed by atoms with Crippen LogP contribution >= 0.6 is 0 Å². The average molecular weight is 578 g/mol. The molecule has 1 unspecified atom stereocenters. The number of pyridine rings is 1. The number of likely N-dealkylation sites (tertiary alicyclic amines) is 1. The second kappa shape index (κ2) is 12.1. The first kappa shape index (κ1) is 29.6. The fraction of sp³-hybridized carbons (Fsp3) is 0.567. The Morgan fingerprint density at radius 1 is 1.12 bits per heavy atom. The van der Waals surface area contributed by atoms with E-state index in [0.29, 0.717) is 23.5 Å². The summed E-state index contributed by atoms with van der Waals surface area (Å²) in [4.78, 5) is 32.9. The highest BCUT2D eigenvalue weighted by atomic mass is 16.6. The maximum absolute atomic E-state index is 12.7. The predicted octanol–water partition coefficient (Wildman–Crippen LogP) is 4.73. The number of hydrogen-bond donors (Lipinski definition) is 1. The summed E-state index contributed by atoms with van der Waals surface area (Å²) >= 11 is 0. The molecule has 5 rings (SSSR count). The second-order valence-corrected chi connectivity index (χ2v) is 12.5. The van der Waals surface area contributed by atoms with Crippen LogP contribution in [-0.4, -0.2) is 86.0 Å². The summed E-state index contributed by atoms with van der Waals surface area (Å²) in [6.07, 6.45) is 9.10. The molecule has 2 aliphatic rings. The quantitative estimate of drug-likeness (QED) is 0.421. The van der Waals surface area contributed by atoms with Gasteiger partial charge in [0.05, 0.1) is 42.6 Å². The molecule has 2 N–H and O–H groups in total. The molecule has 0 bridgehead atoms. The van der Waals surface area contributed by atoms with Crippen molar-refractivity contribution in [2.24, 2.45) is 0 Å². The summed E-state index contributed by atoms with van der Waals surface area (Å²) in [7, 11) is 3.85. The summed E-state index contributed by atoms with van der Waals surface area (Å²) in [5, 5.41) is 4.54. The van der Waals surface area contributed by atoms with Crippen LogP contribution in [0.1, 0.15) is 65.1 Å². The molecular formula is C30H43N9O3. The molecule has 226 valence electrons. The van der Waals surface area contributed by atoms with E-state index in [2.05, 4.69) is 33.9 Å². The van der Waals surface area contributed by atoms with Gasteiger partial charge in [-0.1, -0.05) is 0 Å². The molecule has 12 heteroatoms. The Balaban J connectivity index is 1.41. The third kappa shape index (κ3) is 7.10. The van der Waals surface area contributed by atoms with Gasteiger partial charge in [-0.05, 0) is 85.6 Å². The summed E-state index contributed by atoms with van der Waals surface area (Å²) in [6.45, 7) is 11.0. The van der Waals surface area contributed by atoms with Crippen molar-refractivity contribution in [2.75, 3.05) is 44.4 Å². The van der Waals surface area contributed by atoms with Crippen LogP contribution in [0.5, 0.6) is 11.6 Å². The lowest BCUT2D eigenvalue weighted by Gasteiger charge is -2.28. The molecule has 0 spiro atoms. The fourth-order valence-corrected chi connectivity index (χ4v) is 5.41. The maximum atomic E-state index is 12.7. The number of nitrogens with zero attached hydrogens (tertiary/aromatic N) is 8. The predicted molar refractivity (Wildman–Crippen MR) is 161 cm³/mol. The van der Waals surface area contributed by atoms with Crippen LogP contribution in [0.3, 0.4) is 0 Å². The van der Waals surface area contributed by atoms with E-state index in [9.17, 15) is 4.79 Å². The molecule has 2 saturated heterocycles. The number of carbonyl (C=O) groups is 1. The molecular weight excluding hydrogens is 534 g/mol. The van der Waals surface area contributed by atoms with Gasteiger partial charge < -0.3 is 29.9 Å². The van der Waals surface area contributed by atoms with E-state index in [4.69, 9.17) is 25.2 Å². The van der Waals surface area contributed by atoms with Crippen LogP contribution in [-0.2, 0) is 11.3 Å². The molecule has 2 fully saturated rings. The molecule has 5 heterocycles. The maximum Gasteiger partial charge on any atom is 0.410 e. The van der Waals surface area contributed by atoms with Crippen LogP contribution in [0.15, 0.2) is 30.7 Å². The van der Waals surface area contributed by atoms with Gasteiger partial charge in [0, 0.05) is 25.2 Å². The van der Waals surface area contributed by atoms with Crippen LogP contribution < -0.4 is 15.4 Å². The zero-order valence-corrected chi connectivity index (χ0v) is 25.6. The zero-order valence-electron chi connectivity index (χ0n) is 25.6. The summed E-state index contributed by atoms with van der Waals surface area (Å²) in [5.41, 5.74) is 7.74. The molecule has 42 heavy (non-hydrogen) atoms. The Morgan fingerprint density at radius 2 is 1.88 bits per heavy atom. The standard InChI is InChI=1S/C30H43N9O3/c1-20-8-7-11-38(20)26-15-21(14-22(34-26)18-37(6)29(40)42-30(2,3)4)25-17-32-27(31)28(35-25)41-24-16-33-39(19-24)23-9-12-36(5)13-10-23/h14-17,19-20,23H,7-13,18H2,1-6H3,(H2,31,32). The van der Waals surface area contributed by atoms with Gasteiger partial charge in [0.25, 0.3) is 5.88 Å². The molecule has 1 atom stereocenters. The number of rotatable bonds is 7. The van der Waals surface area contributed by atoms with E-state index >= 15 is 0 Å². The van der Waals surface area contributed by atoms with Crippen LogP contribution in [0, 0.1) is 0 Å². The van der Waals surface area contributed by atoms with Gasteiger partial charge >= 0.3 is 6.09 Å². The average Bonchev–Trinajstić information content (AvgIpc) is 3.58. The van der Waals surface area contributed by atoms with Crippen molar-refractivity contribution in [3.8, 4) is 22.9 Å². The number of anilines is 2. The van der Waals surface area contributed by atoms with Crippen molar-refractivity contribution in [1.29, 1.82) is 0 Å². The largest absolute Gasteiger partial charge is 0.444 e. The lowest BCUT2D eigenvalue weighted by atomic mass is 10.1. The highest BCUT2D eigenvalue weighted by molar-refractivity contribution is 5.69. The van der Waals surface area contributed by atoms with Crippen LogP contribution in [0.25, 0.3) is 11.3 Å². The topological polar surface area (TPSA) is 128 Å². The minimum absolute atomic E-state index is 0.193. The number of nitrogen functional groups attached to an aromatic ring is 1. The Morgan fingerprint density at radius 3 is 2.57 bits per heavy atom. The van der Waals surface area contributed by atoms with Crippen LogP contribution in [0.2, 0.25) is 0 Å². The smallest absolute Gasteiger partial charge is 0.410 e. The molecule has 2 aliphatic heterocycles. The third-order valence-corrected chi connectivity index (χ3v) is 7.73. The minimum Gasteiger partial charge on any atom is -0.444 e. The van der Waals surface area contributed by atoms with Gasteiger partial charge in [-0.3, -0.25) is 4.68 Å². The van der Waals surface area contributed by atoms with Crippen molar-refractivity contribution in [3.05, 3.63) is 36.4 Å². The molecule has 0 aliphatic carbocycles. The summed E-state index contributed by atoms with van der Waals surface area (Å²) in [5.74, 6) is 1.81. The van der Waals surface area contributed by atoms with Crippen molar-refractivity contribution in [3.63, 3.8) is 0 Å². The second-order valence-electron chi connectivity index (χ2n) is 12.5. The number of carbonyl (C=O) groups excluding carboxylic acids is 1.